The highest BCUT2D eigenvalue weighted by molar-refractivity contribution is 5.84. The summed E-state index contributed by atoms with van der Waals surface area (Å²) in [6.07, 6.45) is 0.393. The van der Waals surface area contributed by atoms with Gasteiger partial charge in [-0.1, -0.05) is 26.0 Å². The number of aliphatic carboxylic acids is 1. The SMILES string of the molecule is Cc1cccc(OCC(=O)NC(CC(C)C)C(=O)O)c1C. The van der Waals surface area contributed by atoms with Gasteiger partial charge < -0.3 is 15.2 Å². The van der Waals surface area contributed by atoms with Gasteiger partial charge in [-0.25, -0.2) is 4.79 Å². The van der Waals surface area contributed by atoms with Crippen molar-refractivity contribution in [3.63, 3.8) is 0 Å². The number of hydrogen-bond acceptors (Lipinski definition) is 3. The first-order chi connectivity index (χ1) is 9.81. The Bertz CT molecular complexity index is 511. The van der Waals surface area contributed by atoms with E-state index >= 15 is 0 Å². The molecule has 0 saturated carbocycles. The maximum atomic E-state index is 11.8. The first kappa shape index (κ1) is 17.0. The molecule has 1 atom stereocenters. The Hall–Kier alpha value is -2.04. The summed E-state index contributed by atoms with van der Waals surface area (Å²) in [4.78, 5) is 22.9. The summed E-state index contributed by atoms with van der Waals surface area (Å²) in [6, 6.07) is 4.73. The molecule has 2 N–H and O–H groups in total. The van der Waals surface area contributed by atoms with Crippen LogP contribution in [0.4, 0.5) is 0 Å². The van der Waals surface area contributed by atoms with Crippen LogP contribution in [-0.2, 0) is 9.59 Å². The maximum absolute atomic E-state index is 11.8. The molecule has 0 aliphatic heterocycles. The van der Waals surface area contributed by atoms with Crippen LogP contribution in [0.2, 0.25) is 0 Å². The summed E-state index contributed by atoms with van der Waals surface area (Å²) in [5, 5.41) is 11.6. The molecule has 0 heterocycles. The van der Waals surface area contributed by atoms with Crippen molar-refractivity contribution in [1.29, 1.82) is 0 Å². The second kappa shape index (κ2) is 7.67. The van der Waals surface area contributed by atoms with Crippen molar-refractivity contribution in [2.24, 2.45) is 5.92 Å². The number of carbonyl (C=O) groups excluding carboxylic acids is 1. The van der Waals surface area contributed by atoms with E-state index in [4.69, 9.17) is 9.84 Å². The van der Waals surface area contributed by atoms with Gasteiger partial charge in [0.15, 0.2) is 6.61 Å². The van der Waals surface area contributed by atoms with E-state index in [0.717, 1.165) is 11.1 Å². The molecule has 1 aromatic carbocycles. The van der Waals surface area contributed by atoms with Crippen LogP contribution in [0.15, 0.2) is 18.2 Å². The third-order valence-electron chi connectivity index (χ3n) is 3.25. The number of carboxylic acids is 1. The Balaban J connectivity index is 2.57. The number of ether oxygens (including phenoxy) is 1. The molecule has 1 aromatic rings. The van der Waals surface area contributed by atoms with Crippen LogP contribution in [0.3, 0.4) is 0 Å². The number of hydrogen-bond donors (Lipinski definition) is 2. The van der Waals surface area contributed by atoms with Crippen LogP contribution in [-0.4, -0.2) is 29.6 Å². The van der Waals surface area contributed by atoms with Crippen LogP contribution < -0.4 is 10.1 Å². The standard InChI is InChI=1S/C16H23NO4/c1-10(2)8-13(16(19)20)17-15(18)9-21-14-7-5-6-11(3)12(14)4/h5-7,10,13H,8-9H2,1-4H3,(H,17,18)(H,19,20). The van der Waals surface area contributed by atoms with E-state index in [1.807, 2.05) is 39.8 Å². The molecule has 0 saturated heterocycles. The second-order valence-electron chi connectivity index (χ2n) is 5.57. The van der Waals surface area contributed by atoms with Gasteiger partial charge in [0.1, 0.15) is 11.8 Å². The minimum Gasteiger partial charge on any atom is -0.483 e. The molecule has 1 amide bonds. The van der Waals surface area contributed by atoms with Crippen LogP contribution in [0, 0.1) is 19.8 Å². The van der Waals surface area contributed by atoms with Crippen LogP contribution in [0.25, 0.3) is 0 Å². The predicted molar refractivity (Wildman–Crippen MR) is 80.4 cm³/mol. The van der Waals surface area contributed by atoms with E-state index in [0.29, 0.717) is 12.2 Å². The molecule has 116 valence electrons. The van der Waals surface area contributed by atoms with Gasteiger partial charge in [-0.2, -0.15) is 0 Å². The van der Waals surface area contributed by atoms with Gasteiger partial charge in [0, 0.05) is 0 Å². The minimum atomic E-state index is -1.02. The van der Waals surface area contributed by atoms with Gasteiger partial charge in [-0.3, -0.25) is 4.79 Å². The third-order valence-corrected chi connectivity index (χ3v) is 3.25. The number of amides is 1. The van der Waals surface area contributed by atoms with Crippen molar-refractivity contribution < 1.29 is 19.4 Å². The highest BCUT2D eigenvalue weighted by Gasteiger charge is 2.21. The molecule has 0 fully saturated rings. The summed E-state index contributed by atoms with van der Waals surface area (Å²) in [5.41, 5.74) is 2.05. The van der Waals surface area contributed by atoms with E-state index in [1.54, 1.807) is 6.07 Å². The van der Waals surface area contributed by atoms with Crippen LogP contribution >= 0.6 is 0 Å². The molecule has 0 aliphatic rings. The quantitative estimate of drug-likeness (QED) is 0.809. The van der Waals surface area contributed by atoms with E-state index < -0.39 is 17.9 Å². The smallest absolute Gasteiger partial charge is 0.326 e. The lowest BCUT2D eigenvalue weighted by atomic mass is 10.0. The van der Waals surface area contributed by atoms with Gasteiger partial charge in [-0.15, -0.1) is 0 Å². The fraction of sp³-hybridized carbons (Fsp3) is 0.500. The average molecular weight is 293 g/mol. The van der Waals surface area contributed by atoms with Crippen molar-refractivity contribution in [3.05, 3.63) is 29.3 Å². The maximum Gasteiger partial charge on any atom is 0.326 e. The topological polar surface area (TPSA) is 75.6 Å². The highest BCUT2D eigenvalue weighted by Crippen LogP contribution is 2.20. The molecule has 0 spiro atoms. The second-order valence-corrected chi connectivity index (χ2v) is 5.57. The van der Waals surface area contributed by atoms with Crippen molar-refractivity contribution in [2.75, 3.05) is 6.61 Å². The Morgan fingerprint density at radius 1 is 1.29 bits per heavy atom. The Kier molecular flexibility index (Phi) is 6.21. The fourth-order valence-corrected chi connectivity index (χ4v) is 1.95. The third kappa shape index (κ3) is 5.45. The van der Waals surface area contributed by atoms with E-state index in [-0.39, 0.29) is 12.5 Å². The van der Waals surface area contributed by atoms with Crippen molar-refractivity contribution >= 4 is 11.9 Å². The van der Waals surface area contributed by atoms with Crippen molar-refractivity contribution in [1.82, 2.24) is 5.32 Å². The minimum absolute atomic E-state index is 0.186. The molecule has 5 heteroatoms. The molecular formula is C16H23NO4. The zero-order valence-corrected chi connectivity index (χ0v) is 13.0. The summed E-state index contributed by atoms with van der Waals surface area (Å²) in [6.45, 7) is 7.52. The molecule has 0 radical (unpaired) electrons. The number of aryl methyl sites for hydroxylation is 1. The van der Waals surface area contributed by atoms with E-state index in [9.17, 15) is 9.59 Å². The predicted octanol–water partition coefficient (Wildman–Crippen LogP) is 2.30. The van der Waals surface area contributed by atoms with E-state index in [2.05, 4.69) is 5.32 Å². The molecule has 0 aliphatic carbocycles. The van der Waals surface area contributed by atoms with E-state index in [1.165, 1.54) is 0 Å². The molecule has 1 unspecified atom stereocenters. The summed E-state index contributed by atoms with van der Waals surface area (Å²) >= 11 is 0. The number of benzene rings is 1. The zero-order valence-electron chi connectivity index (χ0n) is 13.0. The monoisotopic (exact) mass is 293 g/mol. The first-order valence-corrected chi connectivity index (χ1v) is 7.02. The summed E-state index contributed by atoms with van der Waals surface area (Å²) < 4.78 is 5.46. The average Bonchev–Trinajstić information content (AvgIpc) is 2.39. The molecule has 0 bridgehead atoms. The number of rotatable bonds is 7. The van der Waals surface area contributed by atoms with Crippen molar-refractivity contribution in [3.8, 4) is 5.75 Å². The van der Waals surface area contributed by atoms with Crippen LogP contribution in [0.1, 0.15) is 31.4 Å². The Morgan fingerprint density at radius 3 is 2.52 bits per heavy atom. The molecule has 0 aromatic heterocycles. The number of carbonyl (C=O) groups is 2. The summed E-state index contributed by atoms with van der Waals surface area (Å²) in [7, 11) is 0. The summed E-state index contributed by atoms with van der Waals surface area (Å²) in [5.74, 6) is -0.625. The van der Waals surface area contributed by atoms with Crippen molar-refractivity contribution in [2.45, 2.75) is 40.2 Å². The van der Waals surface area contributed by atoms with Gasteiger partial charge >= 0.3 is 5.97 Å². The zero-order chi connectivity index (χ0) is 16.0. The van der Waals surface area contributed by atoms with Crippen LogP contribution in [0.5, 0.6) is 5.75 Å². The van der Waals surface area contributed by atoms with Gasteiger partial charge in [0.2, 0.25) is 0 Å². The number of carboxylic acid groups (broad SMARTS) is 1. The Labute approximate surface area is 125 Å². The first-order valence-electron chi connectivity index (χ1n) is 7.02. The molecule has 21 heavy (non-hydrogen) atoms. The van der Waals surface area contributed by atoms with Gasteiger partial charge in [0.25, 0.3) is 5.91 Å². The largest absolute Gasteiger partial charge is 0.483 e. The van der Waals surface area contributed by atoms with Gasteiger partial charge in [0.05, 0.1) is 0 Å². The Morgan fingerprint density at radius 2 is 1.95 bits per heavy atom. The number of nitrogens with one attached hydrogen (secondary N) is 1. The normalized spacial score (nSPS) is 12.0. The molecule has 5 nitrogen and oxygen atoms in total. The molecular weight excluding hydrogens is 270 g/mol. The highest BCUT2D eigenvalue weighted by atomic mass is 16.5. The molecule has 1 rings (SSSR count). The lowest BCUT2D eigenvalue weighted by molar-refractivity contribution is -0.142. The van der Waals surface area contributed by atoms with Gasteiger partial charge in [-0.05, 0) is 43.4 Å². The fourth-order valence-electron chi connectivity index (χ4n) is 1.95. The lowest BCUT2D eigenvalue weighted by Gasteiger charge is -2.17. The lowest BCUT2D eigenvalue weighted by Crippen LogP contribution is -2.43.